The number of rotatable bonds is 5. The van der Waals surface area contributed by atoms with Crippen molar-refractivity contribution in [2.24, 2.45) is 11.3 Å². The van der Waals surface area contributed by atoms with Gasteiger partial charge in [-0.15, -0.1) is 0 Å². The van der Waals surface area contributed by atoms with Crippen molar-refractivity contribution in [2.45, 2.75) is 75.1 Å². The van der Waals surface area contributed by atoms with E-state index >= 15 is 0 Å². The molecule has 0 bridgehead atoms. The summed E-state index contributed by atoms with van der Waals surface area (Å²) < 4.78 is 5.00. The number of esters is 1. The predicted molar refractivity (Wildman–Crippen MR) is 87.6 cm³/mol. The van der Waals surface area contributed by atoms with Crippen molar-refractivity contribution in [3.8, 4) is 0 Å². The van der Waals surface area contributed by atoms with Crippen molar-refractivity contribution >= 4 is 27.3 Å². The summed E-state index contributed by atoms with van der Waals surface area (Å²) in [5, 5.41) is 0. The molecular formula is C17H29NO3Se. The third-order valence-corrected chi connectivity index (χ3v) is 9.19. The summed E-state index contributed by atoms with van der Waals surface area (Å²) in [5.74, 6) is 0.588. The third kappa shape index (κ3) is 3.86. The van der Waals surface area contributed by atoms with Crippen molar-refractivity contribution in [2.75, 3.05) is 7.11 Å². The number of amides is 1. The fourth-order valence-electron chi connectivity index (χ4n) is 3.74. The van der Waals surface area contributed by atoms with E-state index in [-0.39, 0.29) is 37.3 Å². The van der Waals surface area contributed by atoms with Crippen LogP contribution in [0, 0.1) is 11.3 Å². The van der Waals surface area contributed by atoms with E-state index in [1.165, 1.54) is 39.2 Å². The first-order valence-corrected chi connectivity index (χ1v) is 10.3. The van der Waals surface area contributed by atoms with E-state index in [1.54, 1.807) is 4.90 Å². The van der Waals surface area contributed by atoms with Gasteiger partial charge < -0.3 is 0 Å². The quantitative estimate of drug-likeness (QED) is 0.422. The molecule has 0 N–H and O–H groups in total. The van der Waals surface area contributed by atoms with E-state index in [0.29, 0.717) is 4.82 Å². The van der Waals surface area contributed by atoms with Crippen molar-refractivity contribution in [1.29, 1.82) is 0 Å². The molecule has 1 aliphatic heterocycles. The second-order valence-corrected chi connectivity index (χ2v) is 10.4. The first kappa shape index (κ1) is 17.8. The van der Waals surface area contributed by atoms with E-state index < -0.39 is 0 Å². The zero-order valence-corrected chi connectivity index (χ0v) is 15.9. The van der Waals surface area contributed by atoms with E-state index in [0.717, 1.165) is 18.7 Å². The molecular weight excluding hydrogens is 345 g/mol. The normalized spacial score (nSPS) is 29.8. The summed E-state index contributed by atoms with van der Waals surface area (Å²) >= 11 is 0.261. The molecule has 0 aromatic heterocycles. The molecule has 0 spiro atoms. The van der Waals surface area contributed by atoms with E-state index in [1.807, 2.05) is 0 Å². The fraction of sp³-hybridized carbons (Fsp3) is 0.882. The summed E-state index contributed by atoms with van der Waals surface area (Å²) in [6.45, 7) is 6.47. The molecule has 0 aromatic carbocycles. The van der Waals surface area contributed by atoms with Crippen LogP contribution in [0.5, 0.6) is 0 Å². The molecule has 3 atom stereocenters. The van der Waals surface area contributed by atoms with Gasteiger partial charge in [0.25, 0.3) is 0 Å². The minimum absolute atomic E-state index is 0.00922. The Morgan fingerprint density at radius 1 is 1.27 bits per heavy atom. The van der Waals surface area contributed by atoms with Gasteiger partial charge in [0.15, 0.2) is 0 Å². The van der Waals surface area contributed by atoms with E-state index in [2.05, 4.69) is 20.8 Å². The molecule has 22 heavy (non-hydrogen) atoms. The van der Waals surface area contributed by atoms with Crippen molar-refractivity contribution in [3.05, 3.63) is 0 Å². The molecule has 0 aromatic rings. The molecule has 2 aliphatic rings. The van der Waals surface area contributed by atoms with Gasteiger partial charge in [0.2, 0.25) is 0 Å². The maximum absolute atomic E-state index is 12.2. The van der Waals surface area contributed by atoms with Crippen molar-refractivity contribution in [3.63, 3.8) is 0 Å². The third-order valence-electron chi connectivity index (χ3n) is 4.89. The molecule has 2 rings (SSSR count). The van der Waals surface area contributed by atoms with Gasteiger partial charge in [-0.1, -0.05) is 0 Å². The Labute approximate surface area is 140 Å². The fourth-order valence-corrected chi connectivity index (χ4v) is 7.38. The first-order chi connectivity index (χ1) is 10.4. The van der Waals surface area contributed by atoms with Gasteiger partial charge in [-0.05, 0) is 0 Å². The van der Waals surface area contributed by atoms with Gasteiger partial charge >= 0.3 is 140 Å². The number of nitrogens with zero attached hydrogens (tertiary/aromatic N) is 1. The van der Waals surface area contributed by atoms with Crippen LogP contribution in [-0.4, -0.2) is 50.3 Å². The number of hydrogen-bond donors (Lipinski definition) is 0. The molecule has 126 valence electrons. The van der Waals surface area contributed by atoms with Gasteiger partial charge in [-0.2, -0.15) is 0 Å². The number of hydrogen-bond acceptors (Lipinski definition) is 3. The molecule has 5 heteroatoms. The predicted octanol–water partition coefficient (Wildman–Crippen LogP) is 2.84. The number of ether oxygens (including phenoxy) is 1. The van der Waals surface area contributed by atoms with Gasteiger partial charge in [0.05, 0.1) is 0 Å². The van der Waals surface area contributed by atoms with Crippen LogP contribution < -0.4 is 0 Å². The Balaban J connectivity index is 2.10. The van der Waals surface area contributed by atoms with Crippen molar-refractivity contribution < 1.29 is 14.3 Å². The Morgan fingerprint density at radius 2 is 1.91 bits per heavy atom. The van der Waals surface area contributed by atoms with Gasteiger partial charge in [0, 0.05) is 0 Å². The summed E-state index contributed by atoms with van der Waals surface area (Å²) in [6.07, 6.45) is 8.50. The van der Waals surface area contributed by atoms with Crippen LogP contribution in [-0.2, 0) is 14.3 Å². The van der Waals surface area contributed by atoms with E-state index in [4.69, 9.17) is 4.74 Å². The average Bonchev–Trinajstić information content (AvgIpc) is 3.10. The molecule has 1 amide bonds. The van der Waals surface area contributed by atoms with Crippen LogP contribution in [0.15, 0.2) is 0 Å². The minimum atomic E-state index is -0.367. The van der Waals surface area contributed by atoms with Gasteiger partial charge in [0.1, 0.15) is 0 Å². The Kier molecular flexibility index (Phi) is 5.95. The summed E-state index contributed by atoms with van der Waals surface area (Å²) in [4.78, 5) is 26.1. The SMILES string of the molecule is COC(=O)[C@@H]1[C@@H](CCC2CCCC2)[Se][C@H](C(C)(C)C)N1C=O. The molecule has 1 saturated carbocycles. The zero-order chi connectivity index (χ0) is 16.3. The van der Waals surface area contributed by atoms with E-state index in [9.17, 15) is 9.59 Å². The summed E-state index contributed by atoms with van der Waals surface area (Å²) in [5.41, 5.74) is 0.00922. The van der Waals surface area contributed by atoms with Gasteiger partial charge in [-0.3, -0.25) is 0 Å². The topological polar surface area (TPSA) is 46.6 Å². The molecule has 1 aliphatic carbocycles. The summed E-state index contributed by atoms with van der Waals surface area (Å²) in [6, 6.07) is -0.367. The standard InChI is InChI=1S/C17H29NO3Se/c1-17(2,3)16-18(11-19)14(15(20)21-4)13(22-16)10-9-12-7-5-6-8-12/h11-14,16H,5-10H2,1-4H3/t13-,14+,16-/m1/s1. The number of methoxy groups -OCH3 is 1. The Morgan fingerprint density at radius 3 is 2.41 bits per heavy atom. The molecule has 1 heterocycles. The van der Waals surface area contributed by atoms with Crippen LogP contribution in [0.1, 0.15) is 59.3 Å². The Hall–Kier alpha value is -0.541. The van der Waals surface area contributed by atoms with Crippen LogP contribution >= 0.6 is 0 Å². The van der Waals surface area contributed by atoms with Crippen LogP contribution in [0.2, 0.25) is 4.82 Å². The van der Waals surface area contributed by atoms with Crippen LogP contribution in [0.25, 0.3) is 0 Å². The second kappa shape index (κ2) is 7.35. The second-order valence-electron chi connectivity index (χ2n) is 7.64. The zero-order valence-electron chi connectivity index (χ0n) is 14.2. The first-order valence-electron chi connectivity index (χ1n) is 8.34. The van der Waals surface area contributed by atoms with Crippen LogP contribution in [0.3, 0.4) is 0 Å². The molecule has 2 fully saturated rings. The molecule has 0 radical (unpaired) electrons. The maximum atomic E-state index is 12.2. The number of carbonyl (C=O) groups is 2. The molecule has 1 saturated heterocycles. The Bertz CT molecular complexity index is 401. The summed E-state index contributed by atoms with van der Waals surface area (Å²) in [7, 11) is 1.43. The number of carbonyl (C=O) groups excluding carboxylic acids is 2. The monoisotopic (exact) mass is 375 g/mol. The molecule has 4 nitrogen and oxygen atoms in total. The molecule has 0 unspecified atom stereocenters. The van der Waals surface area contributed by atoms with Crippen LogP contribution in [0.4, 0.5) is 0 Å². The average molecular weight is 374 g/mol. The van der Waals surface area contributed by atoms with Gasteiger partial charge in [-0.25, -0.2) is 0 Å². The van der Waals surface area contributed by atoms with Crippen molar-refractivity contribution in [1.82, 2.24) is 4.90 Å².